The molecule has 3 amide bonds. The number of rotatable bonds is 15. The van der Waals surface area contributed by atoms with Crippen LogP contribution in [0.3, 0.4) is 0 Å². The number of allylic oxidation sites excluding steroid dienone is 1. The third kappa shape index (κ3) is 17.7. The van der Waals surface area contributed by atoms with Gasteiger partial charge in [-0.2, -0.15) is 0 Å². The molecule has 0 bridgehead atoms. The predicted molar refractivity (Wildman–Crippen MR) is 246 cm³/mol. The van der Waals surface area contributed by atoms with Crippen molar-refractivity contribution in [3.63, 3.8) is 0 Å². The number of aryl methyl sites for hydroxylation is 4. The first-order valence-corrected chi connectivity index (χ1v) is 21.8. The molecule has 324 valence electrons. The van der Waals surface area contributed by atoms with Gasteiger partial charge < -0.3 is 25.7 Å². The van der Waals surface area contributed by atoms with Crippen molar-refractivity contribution in [1.82, 2.24) is 4.90 Å². The Kier molecular flexibility index (Phi) is 23.0. The number of thiophene rings is 1. The average molecular weight is 840 g/mol. The van der Waals surface area contributed by atoms with E-state index in [0.29, 0.717) is 28.4 Å². The van der Waals surface area contributed by atoms with Crippen molar-refractivity contribution in [2.45, 2.75) is 112 Å². The van der Waals surface area contributed by atoms with Crippen LogP contribution in [0.5, 0.6) is 0 Å². The van der Waals surface area contributed by atoms with Crippen LogP contribution >= 0.6 is 11.3 Å². The van der Waals surface area contributed by atoms with Crippen LogP contribution in [-0.2, 0) is 41.7 Å². The Hall–Kier alpha value is -5.55. The van der Waals surface area contributed by atoms with E-state index in [2.05, 4.69) is 44.9 Å². The second-order valence-corrected chi connectivity index (χ2v) is 16.1. The number of benzene rings is 3. The second-order valence-electron chi connectivity index (χ2n) is 15.0. The maximum Gasteiger partial charge on any atom is 0.335 e. The number of carboxylic acids is 2. The fraction of sp³-hybridized carbons (Fsp3) is 0.408. The molecule has 4 N–H and O–H groups in total. The number of aliphatic carboxylic acids is 1. The van der Waals surface area contributed by atoms with Crippen LogP contribution in [0.25, 0.3) is 0 Å². The normalized spacial score (nSPS) is 11.2. The van der Waals surface area contributed by atoms with Crippen molar-refractivity contribution < 1.29 is 34.2 Å². The van der Waals surface area contributed by atoms with Crippen molar-refractivity contribution >= 4 is 51.7 Å². The SMILES string of the molecule is C=CC.CCC(C)C.CCCN(C)C(=O)CCC(=O)O.CCc1cccc(C(=O)Nc2sc3c(c2C(=O)Nc2ccc(CCc4ccc(C(=O)O)cc4)cc2)CCCC3)c1. The van der Waals surface area contributed by atoms with E-state index in [0.717, 1.165) is 79.5 Å². The number of fused-ring (bicyclic) bond motifs is 1. The molecule has 60 heavy (non-hydrogen) atoms. The highest BCUT2D eigenvalue weighted by atomic mass is 32.1. The van der Waals surface area contributed by atoms with E-state index >= 15 is 0 Å². The van der Waals surface area contributed by atoms with Gasteiger partial charge in [0.1, 0.15) is 5.00 Å². The summed E-state index contributed by atoms with van der Waals surface area (Å²) in [5.74, 6) is -1.47. The van der Waals surface area contributed by atoms with E-state index in [9.17, 15) is 24.0 Å². The van der Waals surface area contributed by atoms with Crippen molar-refractivity contribution in [2.75, 3.05) is 24.2 Å². The number of hydrogen-bond acceptors (Lipinski definition) is 6. The lowest BCUT2D eigenvalue weighted by atomic mass is 9.95. The number of amides is 3. The van der Waals surface area contributed by atoms with Crippen molar-refractivity contribution in [3.05, 3.63) is 129 Å². The molecule has 0 aliphatic heterocycles. The van der Waals surface area contributed by atoms with E-state index < -0.39 is 11.9 Å². The van der Waals surface area contributed by atoms with Crippen LogP contribution in [0, 0.1) is 5.92 Å². The number of carboxylic acid groups (broad SMARTS) is 2. The quantitative estimate of drug-likeness (QED) is 0.0869. The minimum absolute atomic E-state index is 0.0765. The molecule has 0 radical (unpaired) electrons. The number of carbonyl (C=O) groups is 5. The van der Waals surface area contributed by atoms with Crippen LogP contribution in [0.1, 0.15) is 138 Å². The summed E-state index contributed by atoms with van der Waals surface area (Å²) in [6.07, 6.45) is 10.3. The third-order valence-electron chi connectivity index (χ3n) is 9.69. The first-order valence-electron chi connectivity index (χ1n) is 21.0. The molecule has 1 aliphatic rings. The van der Waals surface area contributed by atoms with Crippen molar-refractivity contribution in [2.24, 2.45) is 5.92 Å². The first-order chi connectivity index (χ1) is 28.7. The zero-order chi connectivity index (χ0) is 44.6. The van der Waals surface area contributed by atoms with E-state index in [1.165, 1.54) is 22.6 Å². The van der Waals surface area contributed by atoms with Gasteiger partial charge in [0.05, 0.1) is 17.5 Å². The molecule has 1 aliphatic carbocycles. The second kappa shape index (κ2) is 27.3. The molecule has 0 saturated heterocycles. The van der Waals surface area contributed by atoms with Crippen molar-refractivity contribution in [1.29, 1.82) is 0 Å². The monoisotopic (exact) mass is 839 g/mol. The molecule has 0 fully saturated rings. The molecule has 0 spiro atoms. The summed E-state index contributed by atoms with van der Waals surface area (Å²) < 4.78 is 0. The number of aromatic carboxylic acids is 1. The molecule has 1 aromatic heterocycles. The minimum Gasteiger partial charge on any atom is -0.481 e. The van der Waals surface area contributed by atoms with Crippen LogP contribution in [-0.4, -0.2) is 58.4 Å². The summed E-state index contributed by atoms with van der Waals surface area (Å²) in [4.78, 5) is 61.7. The van der Waals surface area contributed by atoms with Gasteiger partial charge in [-0.05, 0) is 123 Å². The fourth-order valence-electron chi connectivity index (χ4n) is 5.92. The third-order valence-corrected chi connectivity index (χ3v) is 10.9. The highest BCUT2D eigenvalue weighted by molar-refractivity contribution is 7.17. The lowest BCUT2D eigenvalue weighted by Crippen LogP contribution is -2.27. The Balaban J connectivity index is 0.000000516. The Bertz CT molecular complexity index is 1980. The summed E-state index contributed by atoms with van der Waals surface area (Å²) in [7, 11) is 1.69. The van der Waals surface area contributed by atoms with Gasteiger partial charge in [-0.25, -0.2) is 4.79 Å². The molecule has 5 rings (SSSR count). The standard InChI is InChI=1S/C33H32N2O4S.C8H15NO3.C5H12.C3H6/c1-2-21-6-5-7-25(20-21)30(36)35-32-29(27-8-3-4-9-28(27)40-32)31(37)34-26-18-14-23(15-19-26)11-10-22-12-16-24(17-13-22)33(38)39;1-3-6-9(2)7(10)4-5-8(11)12;1-4-5(2)3;1-3-2/h5-7,12-20H,2-4,8-11H2,1H3,(H,34,37)(H,35,36)(H,38,39);3-6H2,1-2H3,(H,11,12);5H,4H2,1-3H3;3H,1H2,2H3. The predicted octanol–water partition coefficient (Wildman–Crippen LogP) is 11.1. The van der Waals surface area contributed by atoms with Crippen LogP contribution in [0.4, 0.5) is 10.7 Å². The molecular weight excluding hydrogens is 775 g/mol. The molecule has 3 aromatic carbocycles. The molecule has 0 atom stereocenters. The topological polar surface area (TPSA) is 153 Å². The van der Waals surface area contributed by atoms with Crippen LogP contribution in [0.15, 0.2) is 85.5 Å². The molecule has 4 aromatic rings. The minimum atomic E-state index is -0.927. The maximum atomic E-state index is 13.6. The lowest BCUT2D eigenvalue weighted by Gasteiger charge is -2.14. The largest absolute Gasteiger partial charge is 0.481 e. The number of carbonyl (C=O) groups excluding carboxylic acids is 3. The summed E-state index contributed by atoms with van der Waals surface area (Å²) in [5, 5.41) is 24.1. The molecule has 10 nitrogen and oxygen atoms in total. The zero-order valence-corrected chi connectivity index (χ0v) is 37.4. The van der Waals surface area contributed by atoms with Gasteiger partial charge in [-0.15, -0.1) is 17.9 Å². The summed E-state index contributed by atoms with van der Waals surface area (Å²) in [6, 6.07) is 22.3. The number of nitrogens with one attached hydrogen (secondary N) is 2. The fourth-order valence-corrected chi connectivity index (χ4v) is 7.20. The summed E-state index contributed by atoms with van der Waals surface area (Å²) in [6.45, 7) is 16.6. The summed E-state index contributed by atoms with van der Waals surface area (Å²) >= 11 is 1.52. The number of hydrogen-bond donors (Lipinski definition) is 4. The van der Waals surface area contributed by atoms with Gasteiger partial charge in [0.15, 0.2) is 0 Å². The van der Waals surface area contributed by atoms with E-state index in [4.69, 9.17) is 10.2 Å². The smallest absolute Gasteiger partial charge is 0.335 e. The van der Waals surface area contributed by atoms with E-state index in [-0.39, 0.29) is 36.1 Å². The number of anilines is 2. The molecule has 1 heterocycles. The summed E-state index contributed by atoms with van der Waals surface area (Å²) in [5.41, 5.74) is 6.48. The Labute approximate surface area is 361 Å². The average Bonchev–Trinajstić information content (AvgIpc) is 3.61. The molecule has 11 heteroatoms. The van der Waals surface area contributed by atoms with Gasteiger partial charge in [0, 0.05) is 36.1 Å². The van der Waals surface area contributed by atoms with Gasteiger partial charge in [-0.3, -0.25) is 19.2 Å². The van der Waals surface area contributed by atoms with Crippen LogP contribution in [0.2, 0.25) is 0 Å². The molecular formula is C49H65N3O7S. The van der Waals surface area contributed by atoms with Crippen molar-refractivity contribution in [3.8, 4) is 0 Å². The Morgan fingerprint density at radius 1 is 0.800 bits per heavy atom. The highest BCUT2D eigenvalue weighted by Gasteiger charge is 2.27. The highest BCUT2D eigenvalue weighted by Crippen LogP contribution is 2.39. The Morgan fingerprint density at radius 3 is 1.92 bits per heavy atom. The number of nitrogens with zero attached hydrogens (tertiary/aromatic N) is 1. The Morgan fingerprint density at radius 2 is 1.38 bits per heavy atom. The van der Waals surface area contributed by atoms with E-state index in [1.54, 1.807) is 36.2 Å². The molecule has 0 unspecified atom stereocenters. The van der Waals surface area contributed by atoms with Gasteiger partial charge >= 0.3 is 11.9 Å². The first kappa shape index (κ1) is 50.6. The maximum absolute atomic E-state index is 13.6. The van der Waals surface area contributed by atoms with Gasteiger partial charge in [-0.1, -0.05) is 83.5 Å². The van der Waals surface area contributed by atoms with E-state index in [1.807, 2.05) is 68.4 Å². The van der Waals surface area contributed by atoms with Gasteiger partial charge in [0.2, 0.25) is 5.91 Å². The van der Waals surface area contributed by atoms with Crippen LogP contribution < -0.4 is 10.6 Å². The zero-order valence-electron chi connectivity index (χ0n) is 36.6. The molecule has 0 saturated carbocycles. The lowest BCUT2D eigenvalue weighted by molar-refractivity contribution is -0.140. The van der Waals surface area contributed by atoms with Gasteiger partial charge in [0.25, 0.3) is 11.8 Å².